The van der Waals surface area contributed by atoms with Crippen LogP contribution < -0.4 is 21.3 Å². The molecule has 0 aliphatic carbocycles. The van der Waals surface area contributed by atoms with E-state index in [0.717, 1.165) is 16.7 Å². The number of aliphatic hydroxyl groups is 1. The fourth-order valence-corrected chi connectivity index (χ4v) is 3.76. The van der Waals surface area contributed by atoms with Crippen molar-refractivity contribution in [1.82, 2.24) is 21.3 Å². The Balaban J connectivity index is 1.45. The minimum absolute atomic E-state index is 0.0211. The molecule has 0 fully saturated rings. The maximum Gasteiger partial charge on any atom is 0.408 e. The molecule has 0 aliphatic rings. The van der Waals surface area contributed by atoms with Gasteiger partial charge >= 0.3 is 12.1 Å². The molecule has 238 valence electrons. The number of hydrogen-bond acceptors (Lipinski definition) is 9. The van der Waals surface area contributed by atoms with Crippen LogP contribution in [0.1, 0.15) is 16.7 Å². The number of hydrogen-bond donors (Lipinski definition) is 5. The molecule has 13 heteroatoms. The predicted molar refractivity (Wildman–Crippen MR) is 161 cm³/mol. The second kappa shape index (κ2) is 19.1. The molecule has 0 aromatic heterocycles. The van der Waals surface area contributed by atoms with Crippen LogP contribution in [0, 0.1) is 0 Å². The third-order valence-electron chi connectivity index (χ3n) is 6.12. The molecule has 13 nitrogen and oxygen atoms in total. The summed E-state index contributed by atoms with van der Waals surface area (Å²) in [5.74, 6) is -3.09. The number of ether oxygens (including phenoxy) is 3. The topological polar surface area (TPSA) is 181 Å². The van der Waals surface area contributed by atoms with Crippen molar-refractivity contribution in [2.75, 3.05) is 26.3 Å². The van der Waals surface area contributed by atoms with Crippen LogP contribution in [0.15, 0.2) is 91.0 Å². The van der Waals surface area contributed by atoms with Gasteiger partial charge in [-0.3, -0.25) is 19.2 Å². The van der Waals surface area contributed by atoms with E-state index < -0.39 is 61.6 Å². The van der Waals surface area contributed by atoms with Crippen molar-refractivity contribution in [2.45, 2.75) is 31.9 Å². The van der Waals surface area contributed by atoms with E-state index in [1.54, 1.807) is 48.5 Å². The van der Waals surface area contributed by atoms with Gasteiger partial charge in [-0.15, -0.1) is 0 Å². The highest BCUT2D eigenvalue weighted by atomic mass is 16.5. The molecule has 0 saturated carbocycles. The Bertz CT molecular complexity index is 1380. The molecule has 0 radical (unpaired) electrons. The van der Waals surface area contributed by atoms with E-state index in [4.69, 9.17) is 14.2 Å². The molecule has 0 heterocycles. The van der Waals surface area contributed by atoms with Crippen molar-refractivity contribution >= 4 is 29.8 Å². The Morgan fingerprint density at radius 1 is 0.600 bits per heavy atom. The molecule has 3 rings (SSSR count). The average molecular weight is 621 g/mol. The molecule has 0 aliphatic heterocycles. The van der Waals surface area contributed by atoms with E-state index in [1.165, 1.54) is 0 Å². The molecule has 0 spiro atoms. The molecule has 2 atom stereocenters. The first-order chi connectivity index (χ1) is 21.8. The summed E-state index contributed by atoms with van der Waals surface area (Å²) in [7, 11) is 0. The van der Waals surface area contributed by atoms with Gasteiger partial charge in [0.05, 0.1) is 26.4 Å². The van der Waals surface area contributed by atoms with Crippen molar-refractivity contribution in [3.05, 3.63) is 108 Å². The third-order valence-corrected chi connectivity index (χ3v) is 6.12. The highest BCUT2D eigenvalue weighted by molar-refractivity contribution is 5.92. The van der Waals surface area contributed by atoms with E-state index in [1.807, 2.05) is 42.5 Å². The summed E-state index contributed by atoms with van der Waals surface area (Å²) in [5, 5.41) is 19.0. The van der Waals surface area contributed by atoms with Gasteiger partial charge in [0.25, 0.3) is 0 Å². The SMILES string of the molecule is O=C(CNC(=O)[C@H](COCc1ccccc1)NC(=O)OCc1ccccc1)N[C@@H](CO)C(=O)NCC(=O)OCc1ccccc1. The van der Waals surface area contributed by atoms with Gasteiger partial charge in [-0.25, -0.2) is 4.79 Å². The van der Waals surface area contributed by atoms with Crippen LogP contribution >= 0.6 is 0 Å². The fraction of sp³-hybridized carbons (Fsp3) is 0.281. The molecular formula is C32H36N4O9. The van der Waals surface area contributed by atoms with E-state index in [0.29, 0.717) is 0 Å². The highest BCUT2D eigenvalue weighted by Gasteiger charge is 2.24. The first kappa shape index (κ1) is 34.2. The number of carbonyl (C=O) groups excluding carboxylic acids is 5. The van der Waals surface area contributed by atoms with Crippen molar-refractivity contribution in [3.8, 4) is 0 Å². The summed E-state index contributed by atoms with van der Waals surface area (Å²) in [6, 6.07) is 24.5. The van der Waals surface area contributed by atoms with Crippen LogP contribution in [0.4, 0.5) is 4.79 Å². The maximum absolute atomic E-state index is 12.9. The molecule has 3 aromatic rings. The zero-order valence-corrected chi connectivity index (χ0v) is 24.5. The van der Waals surface area contributed by atoms with Gasteiger partial charge in [-0.05, 0) is 16.7 Å². The second-order valence-corrected chi connectivity index (χ2v) is 9.64. The lowest BCUT2D eigenvalue weighted by atomic mass is 10.2. The molecular weight excluding hydrogens is 584 g/mol. The summed E-state index contributed by atoms with van der Waals surface area (Å²) >= 11 is 0. The van der Waals surface area contributed by atoms with Gasteiger partial charge < -0.3 is 40.6 Å². The number of alkyl carbamates (subject to hydrolysis) is 1. The number of benzene rings is 3. The van der Waals surface area contributed by atoms with Gasteiger partial charge in [-0.1, -0.05) is 91.0 Å². The van der Waals surface area contributed by atoms with E-state index >= 15 is 0 Å². The van der Waals surface area contributed by atoms with Crippen molar-refractivity contribution < 1.29 is 43.3 Å². The molecule has 45 heavy (non-hydrogen) atoms. The number of rotatable bonds is 17. The van der Waals surface area contributed by atoms with Crippen LogP contribution in [0.3, 0.4) is 0 Å². The Labute approximate surface area is 260 Å². The third kappa shape index (κ3) is 13.3. The number of nitrogens with one attached hydrogen (secondary N) is 4. The van der Waals surface area contributed by atoms with Gasteiger partial charge in [0, 0.05) is 0 Å². The summed E-state index contributed by atoms with van der Waals surface area (Å²) in [4.78, 5) is 62.2. The second-order valence-electron chi connectivity index (χ2n) is 9.64. The number of aliphatic hydroxyl groups excluding tert-OH is 1. The normalized spacial score (nSPS) is 11.8. The highest BCUT2D eigenvalue weighted by Crippen LogP contribution is 2.04. The molecule has 3 aromatic carbocycles. The maximum atomic E-state index is 12.9. The van der Waals surface area contributed by atoms with Crippen molar-refractivity contribution in [2.24, 2.45) is 0 Å². The summed E-state index contributed by atoms with van der Waals surface area (Å²) < 4.78 is 15.9. The van der Waals surface area contributed by atoms with E-state index in [-0.39, 0.29) is 26.4 Å². The van der Waals surface area contributed by atoms with Gasteiger partial charge in [0.2, 0.25) is 17.7 Å². The van der Waals surface area contributed by atoms with Gasteiger partial charge in [0.1, 0.15) is 31.8 Å². The quantitative estimate of drug-likeness (QED) is 0.137. The zero-order chi connectivity index (χ0) is 32.3. The van der Waals surface area contributed by atoms with Crippen LogP contribution in [0.2, 0.25) is 0 Å². The Hall–Kier alpha value is -5.27. The molecule has 5 N–H and O–H groups in total. The average Bonchev–Trinajstić information content (AvgIpc) is 3.07. The van der Waals surface area contributed by atoms with Crippen LogP contribution in [0.5, 0.6) is 0 Å². The summed E-state index contributed by atoms with van der Waals surface area (Å²) in [5.41, 5.74) is 2.36. The largest absolute Gasteiger partial charge is 0.460 e. The van der Waals surface area contributed by atoms with Gasteiger partial charge in [-0.2, -0.15) is 0 Å². The monoisotopic (exact) mass is 620 g/mol. The molecule has 4 amide bonds. The number of esters is 1. The fourth-order valence-electron chi connectivity index (χ4n) is 3.76. The molecule has 0 unspecified atom stereocenters. The predicted octanol–water partition coefficient (Wildman–Crippen LogP) is 0.951. The molecule has 0 saturated heterocycles. The van der Waals surface area contributed by atoms with Crippen molar-refractivity contribution in [3.63, 3.8) is 0 Å². The lowest BCUT2D eigenvalue weighted by Crippen LogP contribution is -2.54. The van der Waals surface area contributed by atoms with Crippen molar-refractivity contribution in [1.29, 1.82) is 0 Å². The van der Waals surface area contributed by atoms with Gasteiger partial charge in [0.15, 0.2) is 0 Å². The zero-order valence-electron chi connectivity index (χ0n) is 24.5. The van der Waals surface area contributed by atoms with E-state index in [2.05, 4.69) is 21.3 Å². The van der Waals surface area contributed by atoms with Crippen LogP contribution in [0.25, 0.3) is 0 Å². The Morgan fingerprint density at radius 2 is 1.09 bits per heavy atom. The molecule has 0 bridgehead atoms. The standard InChI is InChI=1S/C32H36N4O9/c37-18-26(30(40)34-17-29(39)44-20-24-12-6-2-7-13-24)35-28(38)16-33-31(41)27(22-43-19-23-10-4-1-5-11-23)36-32(42)45-21-25-14-8-3-9-15-25/h1-15,26-27,37H,16-22H2,(H,33,41)(H,34,40)(H,35,38)(H,36,42)/t26-,27-/m0/s1. The first-order valence-corrected chi connectivity index (χ1v) is 14.1. The van der Waals surface area contributed by atoms with E-state index in [9.17, 15) is 29.1 Å². The number of amides is 4. The lowest BCUT2D eigenvalue weighted by Gasteiger charge is -2.19. The Kier molecular flexibility index (Phi) is 14.5. The smallest absolute Gasteiger partial charge is 0.408 e. The summed E-state index contributed by atoms with van der Waals surface area (Å²) in [6.45, 7) is -1.90. The van der Waals surface area contributed by atoms with Crippen LogP contribution in [-0.2, 0) is 53.2 Å². The first-order valence-electron chi connectivity index (χ1n) is 14.1. The number of carbonyl (C=O) groups is 5. The minimum Gasteiger partial charge on any atom is -0.460 e. The Morgan fingerprint density at radius 3 is 1.64 bits per heavy atom. The lowest BCUT2D eigenvalue weighted by molar-refractivity contribution is -0.145. The minimum atomic E-state index is -1.40. The summed E-state index contributed by atoms with van der Waals surface area (Å²) in [6.07, 6.45) is -0.869. The van der Waals surface area contributed by atoms with Crippen LogP contribution in [-0.4, -0.2) is 73.3 Å².